The third kappa shape index (κ3) is 3.26. The molecule has 1 heterocycles. The molecule has 1 aliphatic rings. The lowest BCUT2D eigenvalue weighted by molar-refractivity contribution is 0.315. The first kappa shape index (κ1) is 13.4. The summed E-state index contributed by atoms with van der Waals surface area (Å²) < 4.78 is 5.85. The number of aryl methyl sites for hydroxylation is 1. The van der Waals surface area contributed by atoms with Crippen LogP contribution in [0.2, 0.25) is 0 Å². The van der Waals surface area contributed by atoms with Crippen LogP contribution in [0, 0.1) is 0 Å². The van der Waals surface area contributed by atoms with Crippen LogP contribution < -0.4 is 10.1 Å². The van der Waals surface area contributed by atoms with E-state index in [0.29, 0.717) is 6.04 Å². The molecule has 0 amide bonds. The molecule has 100 valence electrons. The van der Waals surface area contributed by atoms with Gasteiger partial charge in [0.2, 0.25) is 0 Å². The van der Waals surface area contributed by atoms with Crippen molar-refractivity contribution in [2.45, 2.75) is 52.0 Å². The Labute approximate surface area is 111 Å². The third-order valence-corrected chi connectivity index (χ3v) is 3.52. The maximum Gasteiger partial charge on any atom is 0.124 e. The van der Waals surface area contributed by atoms with E-state index in [1.807, 2.05) is 0 Å². The molecular formula is C16H25NO. The van der Waals surface area contributed by atoms with E-state index in [4.69, 9.17) is 4.74 Å². The van der Waals surface area contributed by atoms with Gasteiger partial charge in [-0.05, 0) is 43.9 Å². The zero-order valence-corrected chi connectivity index (χ0v) is 11.7. The summed E-state index contributed by atoms with van der Waals surface area (Å²) in [5.74, 6) is 1.08. The largest absolute Gasteiger partial charge is 0.493 e. The highest BCUT2D eigenvalue weighted by molar-refractivity contribution is 5.40. The van der Waals surface area contributed by atoms with Crippen LogP contribution in [0.15, 0.2) is 18.2 Å². The van der Waals surface area contributed by atoms with Gasteiger partial charge in [-0.1, -0.05) is 32.4 Å². The highest BCUT2D eigenvalue weighted by Gasteiger charge is 2.19. The van der Waals surface area contributed by atoms with Gasteiger partial charge in [0, 0.05) is 11.6 Å². The molecule has 0 bridgehead atoms. The first-order valence-electron chi connectivity index (χ1n) is 7.34. The number of fused-ring (bicyclic) bond motifs is 1. The van der Waals surface area contributed by atoms with Gasteiger partial charge < -0.3 is 10.1 Å². The van der Waals surface area contributed by atoms with Crippen molar-refractivity contribution in [1.29, 1.82) is 0 Å². The van der Waals surface area contributed by atoms with E-state index in [9.17, 15) is 0 Å². The van der Waals surface area contributed by atoms with Crippen molar-refractivity contribution in [3.05, 3.63) is 29.3 Å². The Morgan fingerprint density at radius 1 is 1.28 bits per heavy atom. The predicted octanol–water partition coefficient (Wildman–Crippen LogP) is 3.85. The molecule has 1 N–H and O–H groups in total. The Balaban J connectivity index is 2.22. The van der Waals surface area contributed by atoms with Gasteiger partial charge in [0.05, 0.1) is 6.61 Å². The molecule has 0 saturated heterocycles. The second kappa shape index (κ2) is 6.79. The van der Waals surface area contributed by atoms with Crippen molar-refractivity contribution in [1.82, 2.24) is 5.32 Å². The fraction of sp³-hybridized carbons (Fsp3) is 0.625. The van der Waals surface area contributed by atoms with Crippen molar-refractivity contribution in [2.75, 3.05) is 13.2 Å². The predicted molar refractivity (Wildman–Crippen MR) is 76.2 cm³/mol. The molecule has 1 aliphatic heterocycles. The average molecular weight is 247 g/mol. The second-order valence-corrected chi connectivity index (χ2v) is 5.12. The molecular weight excluding hydrogens is 222 g/mol. The molecule has 0 spiro atoms. The zero-order valence-electron chi connectivity index (χ0n) is 11.7. The van der Waals surface area contributed by atoms with Crippen LogP contribution in [0.5, 0.6) is 5.75 Å². The maximum absolute atomic E-state index is 5.85. The molecule has 0 fully saturated rings. The van der Waals surface area contributed by atoms with E-state index in [1.165, 1.54) is 30.4 Å². The first-order chi connectivity index (χ1) is 8.85. The van der Waals surface area contributed by atoms with Crippen LogP contribution in [0.25, 0.3) is 0 Å². The number of nitrogens with one attached hydrogen (secondary N) is 1. The highest BCUT2D eigenvalue weighted by atomic mass is 16.5. The van der Waals surface area contributed by atoms with Crippen molar-refractivity contribution >= 4 is 0 Å². The van der Waals surface area contributed by atoms with Crippen molar-refractivity contribution in [2.24, 2.45) is 0 Å². The Morgan fingerprint density at radius 3 is 2.94 bits per heavy atom. The third-order valence-electron chi connectivity index (χ3n) is 3.52. The molecule has 0 radical (unpaired) electrons. The topological polar surface area (TPSA) is 21.3 Å². The van der Waals surface area contributed by atoms with Gasteiger partial charge in [0.15, 0.2) is 0 Å². The van der Waals surface area contributed by atoms with Gasteiger partial charge >= 0.3 is 0 Å². The first-order valence-corrected chi connectivity index (χ1v) is 7.34. The van der Waals surface area contributed by atoms with E-state index in [2.05, 4.69) is 37.4 Å². The van der Waals surface area contributed by atoms with Gasteiger partial charge in [-0.3, -0.25) is 0 Å². The molecule has 18 heavy (non-hydrogen) atoms. The second-order valence-electron chi connectivity index (χ2n) is 5.12. The molecule has 2 nitrogen and oxygen atoms in total. The minimum atomic E-state index is 0.472. The van der Waals surface area contributed by atoms with Crippen LogP contribution in [-0.2, 0) is 6.42 Å². The van der Waals surface area contributed by atoms with Gasteiger partial charge in [0.25, 0.3) is 0 Å². The number of ether oxygens (including phenoxy) is 1. The normalized spacial score (nSPS) is 18.9. The molecule has 1 atom stereocenters. The lowest BCUT2D eigenvalue weighted by atomic mass is 9.98. The standard InChI is InChI=1S/C16H25NO/c1-3-6-13-8-9-16-14(12-13)15(17-10-4-2)7-5-11-18-16/h8-9,12,15,17H,3-7,10-11H2,1-2H3. The molecule has 1 aromatic carbocycles. The lowest BCUT2D eigenvalue weighted by Gasteiger charge is -2.19. The maximum atomic E-state index is 5.85. The molecule has 0 aliphatic carbocycles. The Kier molecular flexibility index (Phi) is 5.06. The summed E-state index contributed by atoms with van der Waals surface area (Å²) in [7, 11) is 0. The van der Waals surface area contributed by atoms with E-state index >= 15 is 0 Å². The smallest absolute Gasteiger partial charge is 0.124 e. The quantitative estimate of drug-likeness (QED) is 0.853. The number of hydrogen-bond donors (Lipinski definition) is 1. The molecule has 2 heteroatoms. The van der Waals surface area contributed by atoms with Crippen LogP contribution >= 0.6 is 0 Å². The van der Waals surface area contributed by atoms with Crippen LogP contribution in [0.3, 0.4) is 0 Å². The Bertz CT molecular complexity index is 375. The van der Waals surface area contributed by atoms with Crippen molar-refractivity contribution < 1.29 is 4.74 Å². The summed E-state index contributed by atoms with van der Waals surface area (Å²) in [5, 5.41) is 3.66. The number of benzene rings is 1. The minimum Gasteiger partial charge on any atom is -0.493 e. The van der Waals surface area contributed by atoms with Crippen LogP contribution in [0.4, 0.5) is 0 Å². The number of rotatable bonds is 5. The lowest BCUT2D eigenvalue weighted by Crippen LogP contribution is -2.21. The summed E-state index contributed by atoms with van der Waals surface area (Å²) in [6, 6.07) is 7.19. The molecule has 1 aromatic rings. The van der Waals surface area contributed by atoms with Gasteiger partial charge in [-0.2, -0.15) is 0 Å². The van der Waals surface area contributed by atoms with E-state index in [-0.39, 0.29) is 0 Å². The Hall–Kier alpha value is -1.02. The van der Waals surface area contributed by atoms with Crippen molar-refractivity contribution in [3.8, 4) is 5.75 Å². The summed E-state index contributed by atoms with van der Waals surface area (Å²) in [6.45, 7) is 6.39. The van der Waals surface area contributed by atoms with Crippen LogP contribution in [-0.4, -0.2) is 13.2 Å². The summed E-state index contributed by atoms with van der Waals surface area (Å²) in [6.07, 6.45) is 5.86. The SMILES string of the molecule is CCCNC1CCCOc2ccc(CCC)cc21. The summed E-state index contributed by atoms with van der Waals surface area (Å²) in [4.78, 5) is 0. The summed E-state index contributed by atoms with van der Waals surface area (Å²) in [5.41, 5.74) is 2.80. The number of hydrogen-bond acceptors (Lipinski definition) is 2. The van der Waals surface area contributed by atoms with Gasteiger partial charge in [-0.15, -0.1) is 0 Å². The molecule has 2 rings (SSSR count). The van der Waals surface area contributed by atoms with Crippen molar-refractivity contribution in [3.63, 3.8) is 0 Å². The van der Waals surface area contributed by atoms with E-state index in [0.717, 1.165) is 31.7 Å². The zero-order chi connectivity index (χ0) is 12.8. The van der Waals surface area contributed by atoms with Crippen LogP contribution in [0.1, 0.15) is 56.7 Å². The fourth-order valence-corrected chi connectivity index (χ4v) is 2.60. The highest BCUT2D eigenvalue weighted by Crippen LogP contribution is 2.32. The molecule has 0 aromatic heterocycles. The fourth-order valence-electron chi connectivity index (χ4n) is 2.60. The molecule has 1 unspecified atom stereocenters. The summed E-state index contributed by atoms with van der Waals surface area (Å²) >= 11 is 0. The Morgan fingerprint density at radius 2 is 2.17 bits per heavy atom. The van der Waals surface area contributed by atoms with Gasteiger partial charge in [-0.25, -0.2) is 0 Å². The minimum absolute atomic E-state index is 0.472. The van der Waals surface area contributed by atoms with Gasteiger partial charge in [0.1, 0.15) is 5.75 Å². The average Bonchev–Trinajstić information content (AvgIpc) is 2.59. The van der Waals surface area contributed by atoms with E-state index in [1.54, 1.807) is 0 Å². The monoisotopic (exact) mass is 247 g/mol. The molecule has 0 saturated carbocycles. The van der Waals surface area contributed by atoms with E-state index < -0.39 is 0 Å².